The van der Waals surface area contributed by atoms with Crippen molar-refractivity contribution in [3.63, 3.8) is 0 Å². The molecule has 3 heterocycles. The fraction of sp³-hybridized carbons (Fsp3) is 0. The van der Waals surface area contributed by atoms with Crippen molar-refractivity contribution in [1.29, 1.82) is 0 Å². The van der Waals surface area contributed by atoms with Gasteiger partial charge in [-0.3, -0.25) is 0 Å². The van der Waals surface area contributed by atoms with E-state index in [4.69, 9.17) is 22.5 Å². The van der Waals surface area contributed by atoms with Gasteiger partial charge in [0.1, 0.15) is 0 Å². The van der Waals surface area contributed by atoms with Crippen molar-refractivity contribution in [3.8, 4) is 0 Å². The Balaban J connectivity index is 0.000000142. The third-order valence-corrected chi connectivity index (χ3v) is 21.8. The van der Waals surface area contributed by atoms with Crippen LogP contribution in [0.15, 0.2) is 250 Å². The summed E-state index contributed by atoms with van der Waals surface area (Å²) in [5.41, 5.74) is 0. The summed E-state index contributed by atoms with van der Waals surface area (Å²) in [4.78, 5) is 36.6. The van der Waals surface area contributed by atoms with Crippen molar-refractivity contribution in [3.05, 3.63) is 276 Å². The van der Waals surface area contributed by atoms with E-state index in [1.165, 1.54) is 18.8 Å². The van der Waals surface area contributed by atoms with Crippen LogP contribution in [0.5, 0.6) is 0 Å². The number of halogens is 3. The van der Waals surface area contributed by atoms with E-state index in [2.05, 4.69) is 0 Å². The summed E-state index contributed by atoms with van der Waals surface area (Å²) in [7, 11) is 0. The first-order chi connectivity index (χ1) is 31.0. The molecular weight excluding hydrogens is 1140 g/mol. The van der Waals surface area contributed by atoms with Crippen LogP contribution in [-0.2, 0) is 9.20 Å². The summed E-state index contributed by atoms with van der Waals surface area (Å²) in [6, 6.07) is 69.3. The molecule has 3 aromatic heterocycles. The van der Waals surface area contributed by atoms with Gasteiger partial charge in [-0.15, -0.1) is 0 Å². The molecule has 6 aromatic carbocycles. The maximum atomic E-state index is 12.2. The minimum atomic E-state index is -2.27. The number of hydrogen-bond acceptors (Lipinski definition) is 9. The zero-order valence-corrected chi connectivity index (χ0v) is 39.8. The van der Waals surface area contributed by atoms with Gasteiger partial charge >= 0.3 is 391 Å². The molecule has 9 aromatic rings. The third-order valence-electron chi connectivity index (χ3n) is 8.20. The van der Waals surface area contributed by atoms with E-state index in [1.54, 1.807) is 36.4 Å². The monoisotopic (exact) mass is 1180 g/mol. The fourth-order valence-corrected chi connectivity index (χ4v) is 17.3. The number of furan rings is 3. The van der Waals surface area contributed by atoms with Crippen LogP contribution < -0.4 is 0 Å². The van der Waals surface area contributed by atoms with Crippen molar-refractivity contribution < 1.29 is 36.8 Å². The van der Waals surface area contributed by atoms with E-state index in [-0.39, 0.29) is 17.3 Å². The second kappa shape index (κ2) is 23.8. The standard InChI is InChI=1S/3C17H13IO3/c3*19-17(16-12-7-13-20-16)21-18(14-8-3-1-4-9-14)15-10-5-2-6-11-15/h3*1-13H. The van der Waals surface area contributed by atoms with Gasteiger partial charge in [0.2, 0.25) is 0 Å². The summed E-state index contributed by atoms with van der Waals surface area (Å²) in [5, 5.41) is 0. The Morgan fingerprint density at radius 1 is 0.270 bits per heavy atom. The van der Waals surface area contributed by atoms with Gasteiger partial charge < -0.3 is 0 Å². The zero-order valence-electron chi connectivity index (χ0n) is 33.3. The van der Waals surface area contributed by atoms with Crippen molar-refractivity contribution in [2.45, 2.75) is 0 Å². The molecule has 63 heavy (non-hydrogen) atoms. The van der Waals surface area contributed by atoms with Gasteiger partial charge in [-0.25, -0.2) is 0 Å². The van der Waals surface area contributed by atoms with Crippen LogP contribution in [0, 0.1) is 21.4 Å². The first kappa shape index (κ1) is 44.8. The molecule has 0 aliphatic rings. The molecule has 0 unspecified atom stereocenters. The predicted molar refractivity (Wildman–Crippen MR) is 265 cm³/mol. The van der Waals surface area contributed by atoms with Gasteiger partial charge in [0.15, 0.2) is 0 Å². The number of rotatable bonds is 12. The normalized spacial score (nSPS) is 11.0. The molecule has 0 saturated carbocycles. The van der Waals surface area contributed by atoms with Crippen molar-refractivity contribution >= 4 is 78.6 Å². The van der Waals surface area contributed by atoms with Gasteiger partial charge in [-0.1, -0.05) is 0 Å². The Labute approximate surface area is 387 Å². The van der Waals surface area contributed by atoms with E-state index in [0.717, 1.165) is 21.4 Å². The van der Waals surface area contributed by atoms with Crippen LogP contribution in [0.1, 0.15) is 31.7 Å². The molecular formula is C51H39I3O9. The minimum absolute atomic E-state index is 0.240. The Kier molecular flexibility index (Phi) is 16.9. The van der Waals surface area contributed by atoms with Gasteiger partial charge in [-0.2, -0.15) is 0 Å². The molecule has 0 aliphatic heterocycles. The second-order valence-electron chi connectivity index (χ2n) is 12.5. The summed E-state index contributed by atoms with van der Waals surface area (Å²) in [6.07, 6.45) is 4.42. The number of carbonyl (C=O) groups excluding carboxylic acids is 3. The van der Waals surface area contributed by atoms with Crippen LogP contribution in [0.2, 0.25) is 0 Å². The van der Waals surface area contributed by atoms with E-state index in [9.17, 15) is 14.4 Å². The number of hydrogen-bond donors (Lipinski definition) is 0. The van der Waals surface area contributed by atoms with E-state index in [0.29, 0.717) is 0 Å². The Morgan fingerprint density at radius 3 is 0.619 bits per heavy atom. The van der Waals surface area contributed by atoms with Crippen LogP contribution in [-0.4, -0.2) is 17.9 Å². The van der Waals surface area contributed by atoms with Gasteiger partial charge in [0, 0.05) is 0 Å². The van der Waals surface area contributed by atoms with Crippen molar-refractivity contribution in [2.24, 2.45) is 0 Å². The molecule has 0 radical (unpaired) electrons. The van der Waals surface area contributed by atoms with Crippen molar-refractivity contribution in [1.82, 2.24) is 0 Å². The Bertz CT molecular complexity index is 2260. The van der Waals surface area contributed by atoms with Crippen molar-refractivity contribution in [2.75, 3.05) is 0 Å². The maximum absolute atomic E-state index is 12.2. The van der Waals surface area contributed by atoms with E-state index >= 15 is 0 Å². The molecule has 0 atom stereocenters. The molecule has 0 bridgehead atoms. The molecule has 0 saturated heterocycles. The first-order valence-corrected chi connectivity index (χ1v) is 28.3. The van der Waals surface area contributed by atoms with Gasteiger partial charge in [0.25, 0.3) is 0 Å². The van der Waals surface area contributed by atoms with Crippen LogP contribution >= 0.6 is 60.7 Å². The molecule has 9 rings (SSSR count). The summed E-state index contributed by atoms with van der Waals surface area (Å²) < 4.78 is 39.2. The molecule has 0 fully saturated rings. The summed E-state index contributed by atoms with van der Waals surface area (Å²) in [5.74, 6) is -0.494. The van der Waals surface area contributed by atoms with Crippen LogP contribution in [0.4, 0.5) is 0 Å². The zero-order chi connectivity index (χ0) is 43.5. The topological polar surface area (TPSA) is 118 Å². The predicted octanol–water partition coefficient (Wildman–Crippen LogP) is 13.8. The number of benzene rings is 6. The molecule has 0 N–H and O–H groups in total. The Hall–Kier alpha value is -6.24. The first-order valence-electron chi connectivity index (χ1n) is 19.2. The third kappa shape index (κ3) is 13.1. The molecule has 12 heteroatoms. The molecule has 318 valence electrons. The number of carbonyl (C=O) groups is 3. The van der Waals surface area contributed by atoms with Crippen LogP contribution in [0.3, 0.4) is 0 Å². The molecule has 9 nitrogen and oxygen atoms in total. The molecule has 0 amide bonds. The average molecular weight is 1180 g/mol. The summed E-state index contributed by atoms with van der Waals surface area (Å²) in [6.45, 7) is 0. The molecule has 0 aliphatic carbocycles. The SMILES string of the molecule is O=C(OI(c1ccccc1)c1ccccc1)c1ccco1.O=C(OI(c1ccccc1)c1ccccc1)c1ccco1.O=C(OI(c1ccccc1)c1ccccc1)c1ccco1. The quantitative estimate of drug-likeness (QED) is 0.110. The van der Waals surface area contributed by atoms with E-state index < -0.39 is 78.6 Å². The second-order valence-corrected chi connectivity index (χ2v) is 25.6. The van der Waals surface area contributed by atoms with Crippen LogP contribution in [0.25, 0.3) is 0 Å². The Morgan fingerprint density at radius 2 is 0.460 bits per heavy atom. The fourth-order valence-electron chi connectivity index (χ4n) is 5.33. The average Bonchev–Trinajstić information content (AvgIpc) is 4.20. The van der Waals surface area contributed by atoms with Gasteiger partial charge in [0.05, 0.1) is 0 Å². The molecule has 0 spiro atoms. The van der Waals surface area contributed by atoms with Gasteiger partial charge in [-0.05, 0) is 0 Å². The summed E-state index contributed by atoms with van der Waals surface area (Å²) >= 11 is -6.81. The van der Waals surface area contributed by atoms with E-state index in [1.807, 2.05) is 182 Å².